The summed E-state index contributed by atoms with van der Waals surface area (Å²) in [7, 11) is 0. The van der Waals surface area contributed by atoms with Gasteiger partial charge in [-0.25, -0.2) is 4.68 Å². The SMILES string of the molecule is O=C1NC2CCCCC2CC1n1cc(-c2cccc3cnccc23)nn1. The molecule has 0 radical (unpaired) electrons. The lowest BCUT2D eigenvalue weighted by Gasteiger charge is -2.39. The van der Waals surface area contributed by atoms with E-state index < -0.39 is 0 Å². The van der Waals surface area contributed by atoms with E-state index in [1.165, 1.54) is 19.3 Å². The molecule has 3 unspecified atom stereocenters. The molecule has 1 saturated carbocycles. The lowest BCUT2D eigenvalue weighted by molar-refractivity contribution is -0.129. The number of amides is 1. The normalized spacial score (nSPS) is 25.7. The molecule has 3 atom stereocenters. The van der Waals surface area contributed by atoms with Crippen molar-refractivity contribution in [1.29, 1.82) is 0 Å². The third-order valence-electron chi connectivity index (χ3n) is 5.85. The molecule has 0 spiro atoms. The van der Waals surface area contributed by atoms with E-state index in [1.807, 2.05) is 36.7 Å². The Morgan fingerprint density at radius 2 is 2.08 bits per heavy atom. The van der Waals surface area contributed by atoms with E-state index in [4.69, 9.17) is 0 Å². The number of piperidine rings is 1. The standard InChI is InChI=1S/C20H21N5O/c26-20-19(10-13-4-1-2-7-17(13)22-20)25-12-18(23-24-25)16-6-3-5-14-11-21-9-8-15(14)16/h3,5-6,8-9,11-13,17,19H,1-2,4,7,10H2,(H,22,26). The van der Waals surface area contributed by atoms with Crippen molar-refractivity contribution in [2.45, 2.75) is 44.2 Å². The van der Waals surface area contributed by atoms with Crippen molar-refractivity contribution in [2.75, 3.05) is 0 Å². The van der Waals surface area contributed by atoms with Crippen LogP contribution in [0.25, 0.3) is 22.0 Å². The van der Waals surface area contributed by atoms with Gasteiger partial charge in [-0.1, -0.05) is 36.3 Å². The number of carbonyl (C=O) groups is 1. The number of rotatable bonds is 2. The molecule has 6 heteroatoms. The fourth-order valence-corrected chi connectivity index (χ4v) is 4.48. The van der Waals surface area contributed by atoms with E-state index in [2.05, 4.69) is 20.6 Å². The fourth-order valence-electron chi connectivity index (χ4n) is 4.48. The highest BCUT2D eigenvalue weighted by molar-refractivity contribution is 5.95. The number of hydrogen-bond acceptors (Lipinski definition) is 4. The van der Waals surface area contributed by atoms with Crippen molar-refractivity contribution in [2.24, 2.45) is 5.92 Å². The molecule has 1 N–H and O–H groups in total. The van der Waals surface area contributed by atoms with Crippen molar-refractivity contribution in [3.8, 4) is 11.3 Å². The molecule has 5 rings (SSSR count). The molecule has 2 fully saturated rings. The van der Waals surface area contributed by atoms with Crippen molar-refractivity contribution in [1.82, 2.24) is 25.3 Å². The quantitative estimate of drug-likeness (QED) is 0.773. The summed E-state index contributed by atoms with van der Waals surface area (Å²) in [5.74, 6) is 0.634. The zero-order chi connectivity index (χ0) is 17.5. The van der Waals surface area contributed by atoms with Crippen LogP contribution in [0.5, 0.6) is 0 Å². The summed E-state index contributed by atoms with van der Waals surface area (Å²) in [5.41, 5.74) is 1.81. The Balaban J connectivity index is 1.47. The molecule has 3 aromatic rings. The highest BCUT2D eigenvalue weighted by Crippen LogP contribution is 2.35. The largest absolute Gasteiger partial charge is 0.351 e. The first-order valence-corrected chi connectivity index (χ1v) is 9.35. The summed E-state index contributed by atoms with van der Waals surface area (Å²) in [5, 5.41) is 14.0. The van der Waals surface area contributed by atoms with E-state index in [-0.39, 0.29) is 11.9 Å². The molecule has 2 aliphatic rings. The maximum absolute atomic E-state index is 12.6. The smallest absolute Gasteiger partial charge is 0.245 e. The monoisotopic (exact) mass is 347 g/mol. The second kappa shape index (κ2) is 6.20. The number of benzene rings is 1. The Hall–Kier alpha value is -2.76. The van der Waals surface area contributed by atoms with Gasteiger partial charge in [0, 0.05) is 29.4 Å². The van der Waals surface area contributed by atoms with Crippen molar-refractivity contribution < 1.29 is 4.79 Å². The first kappa shape index (κ1) is 15.5. The van der Waals surface area contributed by atoms with Crippen LogP contribution < -0.4 is 5.32 Å². The second-order valence-corrected chi connectivity index (χ2v) is 7.40. The van der Waals surface area contributed by atoms with Crippen LogP contribution in [0.4, 0.5) is 0 Å². The van der Waals surface area contributed by atoms with Crippen LogP contribution in [0.15, 0.2) is 42.9 Å². The zero-order valence-electron chi connectivity index (χ0n) is 14.5. The van der Waals surface area contributed by atoms with Crippen LogP contribution in [0, 0.1) is 5.92 Å². The summed E-state index contributed by atoms with van der Waals surface area (Å²) >= 11 is 0. The number of nitrogens with zero attached hydrogens (tertiary/aromatic N) is 4. The first-order valence-electron chi connectivity index (χ1n) is 9.35. The maximum atomic E-state index is 12.6. The molecule has 1 amide bonds. The highest BCUT2D eigenvalue weighted by Gasteiger charge is 2.38. The predicted octanol–water partition coefficient (Wildman–Crippen LogP) is 3.11. The molecular formula is C20H21N5O. The predicted molar refractivity (Wildman–Crippen MR) is 98.3 cm³/mol. The second-order valence-electron chi connectivity index (χ2n) is 7.40. The van der Waals surface area contributed by atoms with Gasteiger partial charge in [-0.2, -0.15) is 0 Å². The minimum absolute atomic E-state index is 0.0757. The number of aromatic nitrogens is 4. The van der Waals surface area contributed by atoms with E-state index in [9.17, 15) is 4.79 Å². The molecule has 2 aromatic heterocycles. The summed E-state index contributed by atoms with van der Waals surface area (Å²) in [6.07, 6.45) is 11.2. The Bertz CT molecular complexity index is 960. The van der Waals surface area contributed by atoms with E-state index in [0.29, 0.717) is 12.0 Å². The number of carbonyl (C=O) groups excluding carboxylic acids is 1. The molecule has 26 heavy (non-hydrogen) atoms. The van der Waals surface area contributed by atoms with Crippen LogP contribution in [0.3, 0.4) is 0 Å². The van der Waals surface area contributed by atoms with Gasteiger partial charge in [-0.3, -0.25) is 9.78 Å². The molecule has 6 nitrogen and oxygen atoms in total. The average molecular weight is 347 g/mol. The maximum Gasteiger partial charge on any atom is 0.245 e. The first-order chi connectivity index (χ1) is 12.8. The van der Waals surface area contributed by atoms with Crippen molar-refractivity contribution in [3.05, 3.63) is 42.9 Å². The van der Waals surface area contributed by atoms with Crippen LogP contribution in [0.1, 0.15) is 38.1 Å². The molecular weight excluding hydrogens is 326 g/mol. The van der Waals surface area contributed by atoms with E-state index in [1.54, 1.807) is 10.9 Å². The van der Waals surface area contributed by atoms with Gasteiger partial charge in [0.25, 0.3) is 0 Å². The van der Waals surface area contributed by atoms with Gasteiger partial charge in [0.1, 0.15) is 11.7 Å². The van der Waals surface area contributed by atoms with Crippen LogP contribution in [-0.2, 0) is 4.79 Å². The molecule has 132 valence electrons. The highest BCUT2D eigenvalue weighted by atomic mass is 16.2. The van der Waals surface area contributed by atoms with Gasteiger partial charge < -0.3 is 5.32 Å². The summed E-state index contributed by atoms with van der Waals surface area (Å²) in [6, 6.07) is 8.15. The Kier molecular flexibility index (Phi) is 3.69. The molecule has 1 aliphatic heterocycles. The third kappa shape index (κ3) is 2.57. The Labute approximate surface area is 151 Å². The minimum atomic E-state index is -0.257. The third-order valence-corrected chi connectivity index (χ3v) is 5.85. The number of pyridine rings is 1. The Morgan fingerprint density at radius 1 is 1.15 bits per heavy atom. The number of hydrogen-bond donors (Lipinski definition) is 1. The van der Waals surface area contributed by atoms with Gasteiger partial charge in [0.05, 0.1) is 6.20 Å². The molecule has 1 aliphatic carbocycles. The summed E-state index contributed by atoms with van der Waals surface area (Å²) in [6.45, 7) is 0. The van der Waals surface area contributed by atoms with Gasteiger partial charge >= 0.3 is 0 Å². The molecule has 0 bridgehead atoms. The van der Waals surface area contributed by atoms with Crippen LogP contribution >= 0.6 is 0 Å². The Morgan fingerprint density at radius 3 is 3.04 bits per heavy atom. The average Bonchev–Trinajstić information content (AvgIpc) is 3.16. The topological polar surface area (TPSA) is 72.7 Å². The molecule has 3 heterocycles. The van der Waals surface area contributed by atoms with Gasteiger partial charge in [-0.15, -0.1) is 5.10 Å². The number of nitrogens with one attached hydrogen (secondary N) is 1. The van der Waals surface area contributed by atoms with Crippen LogP contribution in [0.2, 0.25) is 0 Å². The number of fused-ring (bicyclic) bond motifs is 2. The van der Waals surface area contributed by atoms with Crippen molar-refractivity contribution >= 4 is 16.7 Å². The van der Waals surface area contributed by atoms with E-state index >= 15 is 0 Å². The van der Waals surface area contributed by atoms with Gasteiger partial charge in [-0.05, 0) is 36.6 Å². The lowest BCUT2D eigenvalue weighted by atomic mass is 9.78. The van der Waals surface area contributed by atoms with E-state index in [0.717, 1.165) is 34.9 Å². The molecule has 1 aromatic carbocycles. The van der Waals surface area contributed by atoms with Gasteiger partial charge in [0.15, 0.2) is 0 Å². The van der Waals surface area contributed by atoms with Gasteiger partial charge in [0.2, 0.25) is 5.91 Å². The minimum Gasteiger partial charge on any atom is -0.351 e. The van der Waals surface area contributed by atoms with Crippen LogP contribution in [-0.4, -0.2) is 31.9 Å². The van der Waals surface area contributed by atoms with Crippen molar-refractivity contribution in [3.63, 3.8) is 0 Å². The molecule has 1 saturated heterocycles. The fraction of sp³-hybridized carbons (Fsp3) is 0.400. The zero-order valence-corrected chi connectivity index (χ0v) is 14.5. The lowest BCUT2D eigenvalue weighted by Crippen LogP contribution is -2.51. The summed E-state index contributed by atoms with van der Waals surface area (Å²) < 4.78 is 1.75. The summed E-state index contributed by atoms with van der Waals surface area (Å²) in [4.78, 5) is 16.8.